The number of carbonyl (C=O) groups is 1. The Balaban J connectivity index is 2.33. The van der Waals surface area contributed by atoms with Crippen LogP contribution in [0.4, 0.5) is 0 Å². The molecule has 0 spiro atoms. The average molecular weight is 243 g/mol. The molecule has 2 N–H and O–H groups in total. The van der Waals surface area contributed by atoms with Crippen molar-refractivity contribution in [1.29, 1.82) is 0 Å². The van der Waals surface area contributed by atoms with Crippen LogP contribution in [-0.4, -0.2) is 15.3 Å². The van der Waals surface area contributed by atoms with Gasteiger partial charge in [0.1, 0.15) is 5.65 Å². The van der Waals surface area contributed by atoms with Crippen LogP contribution in [0.3, 0.4) is 0 Å². The molecule has 0 aromatic carbocycles. The first-order valence-electron chi connectivity index (χ1n) is 6.01. The van der Waals surface area contributed by atoms with Gasteiger partial charge in [0.25, 0.3) is 5.56 Å². The maximum absolute atomic E-state index is 12.3. The largest absolute Gasteiger partial charge is 0.366 e. The number of amides is 1. The summed E-state index contributed by atoms with van der Waals surface area (Å²) in [4.78, 5) is 27.9. The van der Waals surface area contributed by atoms with Gasteiger partial charge in [-0.1, -0.05) is 0 Å². The lowest BCUT2D eigenvalue weighted by Gasteiger charge is -2.15. The summed E-state index contributed by atoms with van der Waals surface area (Å²) in [5, 5.41) is 0. The normalized spacial score (nSPS) is 14.4. The van der Waals surface area contributed by atoms with E-state index in [2.05, 4.69) is 4.98 Å². The van der Waals surface area contributed by atoms with Crippen molar-refractivity contribution in [3.8, 4) is 0 Å². The van der Waals surface area contributed by atoms with E-state index in [4.69, 9.17) is 5.73 Å². The van der Waals surface area contributed by atoms with E-state index in [1.165, 1.54) is 10.6 Å². The average Bonchev–Trinajstić information content (AvgIpc) is 2.38. The number of nitrogens with two attached hydrogens (primary N) is 1. The van der Waals surface area contributed by atoms with E-state index in [1.807, 2.05) is 0 Å². The molecule has 2 heterocycles. The Hall–Kier alpha value is -2.17. The van der Waals surface area contributed by atoms with Gasteiger partial charge in [-0.05, 0) is 37.8 Å². The van der Waals surface area contributed by atoms with E-state index < -0.39 is 5.91 Å². The minimum Gasteiger partial charge on any atom is -0.366 e. The molecule has 18 heavy (non-hydrogen) atoms. The van der Waals surface area contributed by atoms with E-state index in [0.717, 1.165) is 36.9 Å². The molecule has 0 unspecified atom stereocenters. The van der Waals surface area contributed by atoms with Crippen LogP contribution in [0.2, 0.25) is 0 Å². The highest BCUT2D eigenvalue weighted by Crippen LogP contribution is 2.17. The van der Waals surface area contributed by atoms with Gasteiger partial charge < -0.3 is 5.73 Å². The predicted octanol–water partition coefficient (Wildman–Crippen LogP) is 0.672. The SMILES string of the molecule is NC(=O)c1ccc2nc3c(c(=O)n2c1)CCCC3. The van der Waals surface area contributed by atoms with Crippen LogP contribution in [0.15, 0.2) is 23.1 Å². The molecule has 1 amide bonds. The molecule has 2 aromatic rings. The maximum atomic E-state index is 12.3. The third-order valence-corrected chi connectivity index (χ3v) is 3.38. The topological polar surface area (TPSA) is 77.5 Å². The first-order chi connectivity index (χ1) is 8.66. The number of fused-ring (bicyclic) bond motifs is 2. The van der Waals surface area contributed by atoms with E-state index in [-0.39, 0.29) is 5.56 Å². The molecule has 92 valence electrons. The van der Waals surface area contributed by atoms with Crippen LogP contribution in [0.5, 0.6) is 0 Å². The van der Waals surface area contributed by atoms with Gasteiger partial charge in [-0.2, -0.15) is 0 Å². The van der Waals surface area contributed by atoms with E-state index in [0.29, 0.717) is 11.2 Å². The van der Waals surface area contributed by atoms with Crippen LogP contribution in [0, 0.1) is 0 Å². The minimum atomic E-state index is -0.540. The molecule has 1 aliphatic carbocycles. The Labute approximate surface area is 103 Å². The number of pyridine rings is 1. The lowest BCUT2D eigenvalue weighted by atomic mass is 9.97. The molecule has 2 aromatic heterocycles. The second-order valence-electron chi connectivity index (χ2n) is 4.56. The van der Waals surface area contributed by atoms with Crippen molar-refractivity contribution in [1.82, 2.24) is 9.38 Å². The first-order valence-corrected chi connectivity index (χ1v) is 6.01. The molecule has 0 atom stereocenters. The van der Waals surface area contributed by atoms with Gasteiger partial charge in [0.2, 0.25) is 5.91 Å². The molecule has 3 rings (SSSR count). The summed E-state index contributed by atoms with van der Waals surface area (Å²) in [5.74, 6) is -0.540. The summed E-state index contributed by atoms with van der Waals surface area (Å²) in [5.41, 5.74) is 7.72. The number of hydrogen-bond donors (Lipinski definition) is 1. The van der Waals surface area contributed by atoms with Gasteiger partial charge in [0.15, 0.2) is 0 Å². The van der Waals surface area contributed by atoms with Gasteiger partial charge in [-0.3, -0.25) is 14.0 Å². The number of hydrogen-bond acceptors (Lipinski definition) is 3. The van der Waals surface area contributed by atoms with E-state index in [1.54, 1.807) is 12.1 Å². The summed E-state index contributed by atoms with van der Waals surface area (Å²) in [7, 11) is 0. The molecule has 0 radical (unpaired) electrons. The second kappa shape index (κ2) is 3.94. The van der Waals surface area contributed by atoms with Crippen LogP contribution in [0.1, 0.15) is 34.5 Å². The number of aromatic nitrogens is 2. The highest BCUT2D eigenvalue weighted by atomic mass is 16.1. The quantitative estimate of drug-likeness (QED) is 0.799. The van der Waals surface area contributed by atoms with Crippen molar-refractivity contribution >= 4 is 11.6 Å². The third kappa shape index (κ3) is 1.59. The summed E-state index contributed by atoms with van der Waals surface area (Å²) in [6.45, 7) is 0. The maximum Gasteiger partial charge on any atom is 0.261 e. The Morgan fingerprint density at radius 1 is 1.28 bits per heavy atom. The Morgan fingerprint density at radius 3 is 2.83 bits per heavy atom. The fourth-order valence-corrected chi connectivity index (χ4v) is 2.42. The van der Waals surface area contributed by atoms with Gasteiger partial charge in [-0.25, -0.2) is 4.98 Å². The van der Waals surface area contributed by atoms with Gasteiger partial charge in [-0.15, -0.1) is 0 Å². The summed E-state index contributed by atoms with van der Waals surface area (Å²) in [6, 6.07) is 3.26. The fraction of sp³-hybridized carbons (Fsp3) is 0.308. The van der Waals surface area contributed by atoms with Crippen molar-refractivity contribution in [2.75, 3.05) is 0 Å². The van der Waals surface area contributed by atoms with Crippen molar-refractivity contribution in [3.05, 3.63) is 45.5 Å². The molecule has 0 saturated heterocycles. The lowest BCUT2D eigenvalue weighted by molar-refractivity contribution is 0.1000. The second-order valence-corrected chi connectivity index (χ2v) is 4.56. The number of primary amides is 1. The molecule has 0 saturated carbocycles. The highest BCUT2D eigenvalue weighted by molar-refractivity contribution is 5.92. The van der Waals surface area contributed by atoms with Crippen molar-refractivity contribution in [3.63, 3.8) is 0 Å². The minimum absolute atomic E-state index is 0.0715. The first kappa shape index (κ1) is 11.0. The molecule has 0 aliphatic heterocycles. The molecular formula is C13H13N3O2. The van der Waals surface area contributed by atoms with E-state index >= 15 is 0 Å². The molecule has 5 nitrogen and oxygen atoms in total. The zero-order valence-corrected chi connectivity index (χ0v) is 9.85. The predicted molar refractivity (Wildman–Crippen MR) is 66.6 cm³/mol. The number of nitrogens with zero attached hydrogens (tertiary/aromatic N) is 2. The van der Waals surface area contributed by atoms with Gasteiger partial charge in [0, 0.05) is 11.8 Å². The van der Waals surface area contributed by atoms with Crippen LogP contribution in [-0.2, 0) is 12.8 Å². The Morgan fingerprint density at radius 2 is 2.06 bits per heavy atom. The number of aryl methyl sites for hydroxylation is 1. The van der Waals surface area contributed by atoms with Crippen molar-refractivity contribution in [2.24, 2.45) is 5.73 Å². The van der Waals surface area contributed by atoms with Crippen LogP contribution >= 0.6 is 0 Å². The molecule has 1 aliphatic rings. The molecule has 5 heteroatoms. The number of carbonyl (C=O) groups excluding carboxylic acids is 1. The van der Waals surface area contributed by atoms with Crippen molar-refractivity contribution < 1.29 is 4.79 Å². The third-order valence-electron chi connectivity index (χ3n) is 3.38. The summed E-state index contributed by atoms with van der Waals surface area (Å²) in [6.07, 6.45) is 5.20. The van der Waals surface area contributed by atoms with Gasteiger partial charge in [0.05, 0.1) is 11.3 Å². The zero-order chi connectivity index (χ0) is 12.7. The van der Waals surface area contributed by atoms with Crippen LogP contribution in [0.25, 0.3) is 5.65 Å². The molecule has 0 fully saturated rings. The van der Waals surface area contributed by atoms with Crippen LogP contribution < -0.4 is 11.3 Å². The lowest BCUT2D eigenvalue weighted by Crippen LogP contribution is -2.25. The standard InChI is InChI=1S/C13H13N3O2/c14-12(17)8-5-6-11-15-10-4-2-1-3-9(10)13(18)16(11)7-8/h5-7H,1-4H2,(H2,14,17). The summed E-state index contributed by atoms with van der Waals surface area (Å²) < 4.78 is 1.42. The Kier molecular flexibility index (Phi) is 2.40. The molecular weight excluding hydrogens is 230 g/mol. The monoisotopic (exact) mass is 243 g/mol. The van der Waals surface area contributed by atoms with E-state index in [9.17, 15) is 9.59 Å². The fourth-order valence-electron chi connectivity index (χ4n) is 2.42. The zero-order valence-electron chi connectivity index (χ0n) is 9.85. The molecule has 0 bridgehead atoms. The Bertz CT molecular complexity index is 703. The highest BCUT2D eigenvalue weighted by Gasteiger charge is 2.16. The smallest absolute Gasteiger partial charge is 0.261 e. The van der Waals surface area contributed by atoms with Crippen molar-refractivity contribution in [2.45, 2.75) is 25.7 Å². The summed E-state index contributed by atoms with van der Waals surface area (Å²) >= 11 is 0. The van der Waals surface area contributed by atoms with Gasteiger partial charge >= 0.3 is 0 Å². The number of rotatable bonds is 1.